The van der Waals surface area contributed by atoms with Gasteiger partial charge in [0.15, 0.2) is 5.69 Å². The summed E-state index contributed by atoms with van der Waals surface area (Å²) in [6.45, 7) is 5.61. The molecule has 0 aliphatic carbocycles. The largest absolute Gasteiger partial charge is 0.460 e. The van der Waals surface area contributed by atoms with Crippen LogP contribution in [0.15, 0.2) is 69.6 Å². The highest BCUT2D eigenvalue weighted by Crippen LogP contribution is 2.26. The van der Waals surface area contributed by atoms with Gasteiger partial charge in [-0.05, 0) is 53.9 Å². The summed E-state index contributed by atoms with van der Waals surface area (Å²) in [5.74, 6) is -2.95. The van der Waals surface area contributed by atoms with Gasteiger partial charge in [-0.3, -0.25) is 19.7 Å². The van der Waals surface area contributed by atoms with Crippen molar-refractivity contribution < 1.29 is 43.0 Å². The number of fused-ring (bicyclic) bond motifs is 3. The third-order valence-electron chi connectivity index (χ3n) is 7.91. The van der Waals surface area contributed by atoms with Gasteiger partial charge in [-0.2, -0.15) is 0 Å². The van der Waals surface area contributed by atoms with E-state index in [-0.39, 0.29) is 49.9 Å². The van der Waals surface area contributed by atoms with E-state index in [1.165, 1.54) is 23.2 Å². The van der Waals surface area contributed by atoms with E-state index < -0.39 is 54.0 Å². The third kappa shape index (κ3) is 11.2. The minimum Gasteiger partial charge on any atom is -0.460 e. The molecule has 0 spiro atoms. The van der Waals surface area contributed by atoms with Gasteiger partial charge in [0.25, 0.3) is 5.91 Å². The van der Waals surface area contributed by atoms with Gasteiger partial charge in [0.05, 0.1) is 31.0 Å². The number of cyclic esters (lactones) is 1. The molecule has 2 aliphatic rings. The first-order chi connectivity index (χ1) is 23.4. The predicted octanol–water partition coefficient (Wildman–Crippen LogP) is 3.92. The van der Waals surface area contributed by atoms with Crippen LogP contribution in [0.1, 0.15) is 56.4 Å². The normalized spacial score (nSPS) is 26.0. The molecule has 2 aliphatic heterocycles. The van der Waals surface area contributed by atoms with E-state index in [9.17, 15) is 29.1 Å². The lowest BCUT2D eigenvalue weighted by atomic mass is 9.93. The highest BCUT2D eigenvalue weighted by atomic mass is 79.9. The molecule has 2 aromatic heterocycles. The van der Waals surface area contributed by atoms with Gasteiger partial charge in [-0.1, -0.05) is 43.7 Å². The van der Waals surface area contributed by atoms with Gasteiger partial charge in [-0.15, -0.1) is 0 Å². The van der Waals surface area contributed by atoms with Gasteiger partial charge in [0, 0.05) is 31.3 Å². The minimum atomic E-state index is -1.05. The first-order valence-electron chi connectivity index (χ1n) is 15.9. The molecule has 2 bridgehead atoms. The molecule has 49 heavy (non-hydrogen) atoms. The number of rotatable bonds is 4. The summed E-state index contributed by atoms with van der Waals surface area (Å²) in [4.78, 5) is 74.3. The second-order valence-corrected chi connectivity index (χ2v) is 12.8. The van der Waals surface area contributed by atoms with Crippen molar-refractivity contribution in [3.05, 3.63) is 76.7 Å². The van der Waals surface area contributed by atoms with Crippen LogP contribution in [0.5, 0.6) is 0 Å². The minimum absolute atomic E-state index is 0.0172. The van der Waals surface area contributed by atoms with Crippen LogP contribution in [-0.4, -0.2) is 87.6 Å². The van der Waals surface area contributed by atoms with Crippen LogP contribution in [0.4, 0.5) is 10.5 Å². The smallest absolute Gasteiger partial charge is 0.411 e. The summed E-state index contributed by atoms with van der Waals surface area (Å²) in [5, 5.41) is 15.7. The Morgan fingerprint density at radius 2 is 2.04 bits per heavy atom. The molecule has 5 atom stereocenters. The van der Waals surface area contributed by atoms with E-state index in [1.807, 2.05) is 0 Å². The summed E-state index contributed by atoms with van der Waals surface area (Å²) >= 11 is 3.24. The molecule has 14 nitrogen and oxygen atoms in total. The number of nitrogens with one attached hydrogen (secondary N) is 2. The molecule has 1 fully saturated rings. The van der Waals surface area contributed by atoms with Crippen LogP contribution in [-0.2, 0) is 30.3 Å². The summed E-state index contributed by atoms with van der Waals surface area (Å²) < 4.78 is 17.4. The molecule has 0 aromatic carbocycles. The number of esters is 1. The number of aliphatic hydroxyl groups excluding tert-OH is 1. The third-order valence-corrected chi connectivity index (χ3v) is 8.37. The van der Waals surface area contributed by atoms with E-state index in [2.05, 4.69) is 36.5 Å². The van der Waals surface area contributed by atoms with Crippen molar-refractivity contribution in [3.63, 3.8) is 0 Å². The molecule has 4 rings (SSSR count). The van der Waals surface area contributed by atoms with Crippen LogP contribution in [0.2, 0.25) is 0 Å². The molecule has 0 saturated carbocycles. The second-order valence-electron chi connectivity index (χ2n) is 12.0. The van der Waals surface area contributed by atoms with Gasteiger partial charge in [-0.25, -0.2) is 19.6 Å². The number of allylic oxidation sites excluding steroid dienone is 2. The Bertz CT molecular complexity index is 1600. The van der Waals surface area contributed by atoms with Crippen molar-refractivity contribution in [1.29, 1.82) is 0 Å². The average Bonchev–Trinajstić information content (AvgIpc) is 3.74. The molecule has 262 valence electrons. The molecule has 3 amide bonds. The highest BCUT2D eigenvalue weighted by molar-refractivity contribution is 9.10. The lowest BCUT2D eigenvalue weighted by Crippen LogP contribution is -2.44. The molecular weight excluding hydrogens is 702 g/mol. The topological polar surface area (TPSA) is 190 Å². The average molecular weight is 743 g/mol. The van der Waals surface area contributed by atoms with Crippen molar-refractivity contribution in [2.24, 2.45) is 11.8 Å². The van der Waals surface area contributed by atoms with E-state index in [0.717, 1.165) is 6.26 Å². The number of aliphatic hydroxyl groups is 1. The summed E-state index contributed by atoms with van der Waals surface area (Å²) in [5.41, 5.74) is 1.05. The predicted molar refractivity (Wildman–Crippen MR) is 180 cm³/mol. The molecule has 3 N–H and O–H groups in total. The van der Waals surface area contributed by atoms with Crippen molar-refractivity contribution in [1.82, 2.24) is 20.2 Å². The number of Topliss-reactive ketones (excluding diaryl/α,β-unsaturated/α-hetero) is 1. The SMILES string of the molecule is CC1=C\C(O)CC(=O)Cc2nc(co2)C(=O)N2CCCC2C(=O)OC(C(C)COC(=O)Nc2ccc(Br)nc2)C(C)/C=C/C(=O)NC\C=C\1. The molecule has 2 aromatic rings. The van der Waals surface area contributed by atoms with E-state index in [1.54, 1.807) is 51.1 Å². The number of oxazole rings is 1. The van der Waals surface area contributed by atoms with Gasteiger partial charge < -0.3 is 29.2 Å². The monoisotopic (exact) mass is 741 g/mol. The zero-order valence-corrected chi connectivity index (χ0v) is 29.1. The van der Waals surface area contributed by atoms with Crippen molar-refractivity contribution in [2.45, 2.75) is 64.7 Å². The number of amides is 3. The Balaban J connectivity index is 1.54. The Labute approximate surface area is 292 Å². The summed E-state index contributed by atoms with van der Waals surface area (Å²) in [7, 11) is 0. The Kier molecular flexibility index (Phi) is 13.4. The Hall–Kier alpha value is -4.63. The van der Waals surface area contributed by atoms with Crippen LogP contribution in [0.3, 0.4) is 0 Å². The van der Waals surface area contributed by atoms with Gasteiger partial charge in [0.1, 0.15) is 28.8 Å². The zero-order chi connectivity index (χ0) is 35.5. The van der Waals surface area contributed by atoms with Crippen LogP contribution in [0.25, 0.3) is 0 Å². The molecule has 4 heterocycles. The summed E-state index contributed by atoms with van der Waals surface area (Å²) in [6.07, 6.45) is 8.31. The molecule has 5 unspecified atom stereocenters. The van der Waals surface area contributed by atoms with Crippen molar-refractivity contribution >= 4 is 51.3 Å². The zero-order valence-electron chi connectivity index (χ0n) is 27.5. The number of ketones is 1. The quantitative estimate of drug-likeness (QED) is 0.304. The molecule has 0 radical (unpaired) electrons. The summed E-state index contributed by atoms with van der Waals surface area (Å²) in [6, 6.07) is 2.39. The number of pyridine rings is 1. The maximum Gasteiger partial charge on any atom is 0.411 e. The lowest BCUT2D eigenvalue weighted by Gasteiger charge is -2.30. The number of carbonyl (C=O) groups excluding carboxylic acids is 5. The van der Waals surface area contributed by atoms with E-state index in [0.29, 0.717) is 28.7 Å². The standard InChI is InChI=1S/C34H40BrN5O9/c1-20-6-4-12-36-29(43)11-8-21(2)31(22(3)18-48-34(46)38-23-9-10-28(35)37-17-23)49-33(45)27-7-5-13-40(27)32(44)26-19-47-30(39-26)16-25(42)15-24(41)14-20/h4,6,8-11,14,17,19,21-22,24,27,31,41H,5,7,12-13,15-16,18H2,1-3H3,(H,36,43)(H,38,46)/b6-4+,11-8+,20-14+. The maximum atomic E-state index is 13.6. The Morgan fingerprint density at radius 1 is 1.24 bits per heavy atom. The number of hydrogen-bond donors (Lipinski definition) is 3. The Morgan fingerprint density at radius 3 is 2.80 bits per heavy atom. The number of hydrogen-bond acceptors (Lipinski definition) is 11. The number of nitrogens with zero attached hydrogens (tertiary/aromatic N) is 3. The fourth-order valence-corrected chi connectivity index (χ4v) is 5.69. The van der Waals surface area contributed by atoms with Crippen LogP contribution in [0, 0.1) is 11.8 Å². The van der Waals surface area contributed by atoms with Crippen LogP contribution < -0.4 is 10.6 Å². The molecule has 1 saturated heterocycles. The highest BCUT2D eigenvalue weighted by Gasteiger charge is 2.39. The van der Waals surface area contributed by atoms with E-state index in [4.69, 9.17) is 13.9 Å². The van der Waals surface area contributed by atoms with E-state index >= 15 is 0 Å². The molecule has 15 heteroatoms. The number of carbonyl (C=O) groups is 5. The number of anilines is 1. The number of ether oxygens (including phenoxy) is 2. The van der Waals surface area contributed by atoms with Gasteiger partial charge in [0.2, 0.25) is 11.8 Å². The van der Waals surface area contributed by atoms with Crippen molar-refractivity contribution in [2.75, 3.05) is 25.0 Å². The molecular formula is C34H40BrN5O9. The fourth-order valence-electron chi connectivity index (χ4n) is 5.46. The first-order valence-corrected chi connectivity index (χ1v) is 16.7. The number of aromatic nitrogens is 2. The number of halogens is 1. The van der Waals surface area contributed by atoms with Gasteiger partial charge >= 0.3 is 12.1 Å². The second kappa shape index (κ2) is 17.7. The first kappa shape index (κ1) is 37.2. The van der Waals surface area contributed by atoms with Crippen molar-refractivity contribution in [3.8, 4) is 0 Å². The fraction of sp³-hybridized carbons (Fsp3) is 0.441. The lowest BCUT2D eigenvalue weighted by molar-refractivity contribution is -0.159. The maximum absolute atomic E-state index is 13.6. The van der Waals surface area contributed by atoms with Crippen LogP contribution >= 0.6 is 15.9 Å².